The van der Waals surface area contributed by atoms with Gasteiger partial charge < -0.3 is 15.5 Å². The molecule has 0 heterocycles. The molecule has 0 rings (SSSR count). The van der Waals surface area contributed by atoms with E-state index in [9.17, 15) is 14.7 Å². The predicted molar refractivity (Wildman–Crippen MR) is 115 cm³/mol. The minimum Gasteiger partial charge on any atom is -0.480 e. The largest absolute Gasteiger partial charge is 0.480 e. The summed E-state index contributed by atoms with van der Waals surface area (Å²) in [5.41, 5.74) is 0. The number of hydrogen-bond donors (Lipinski definition) is 3. The van der Waals surface area contributed by atoms with Crippen molar-refractivity contribution in [3.8, 4) is 0 Å². The lowest BCUT2D eigenvalue weighted by molar-refractivity contribution is -0.144. The number of hydrogen-bond acceptors (Lipinski definition) is 3. The molecule has 0 fully saturated rings. The number of carboxylic acids is 1. The van der Waals surface area contributed by atoms with E-state index in [1.165, 1.54) is 90.4 Å². The van der Waals surface area contributed by atoms with Crippen LogP contribution in [-0.4, -0.2) is 34.2 Å². The maximum Gasteiger partial charge on any atom is 0.328 e. The Morgan fingerprint density at radius 1 is 0.714 bits per heavy atom. The van der Waals surface area contributed by atoms with Gasteiger partial charge in [-0.3, -0.25) is 4.79 Å². The summed E-state index contributed by atoms with van der Waals surface area (Å²) in [7, 11) is 0. The molecule has 0 aromatic rings. The van der Waals surface area contributed by atoms with Crippen LogP contribution in [0.4, 0.5) is 0 Å². The minimum atomic E-state index is -1.21. The van der Waals surface area contributed by atoms with Gasteiger partial charge in [0.1, 0.15) is 0 Å². The Morgan fingerprint density at radius 2 is 1.07 bits per heavy atom. The second kappa shape index (κ2) is 19.2. The van der Waals surface area contributed by atoms with Crippen LogP contribution in [0, 0.1) is 0 Å². The maximum atomic E-state index is 11.7. The van der Waals surface area contributed by atoms with Crippen LogP contribution in [0.15, 0.2) is 0 Å². The maximum absolute atomic E-state index is 11.7. The van der Waals surface area contributed by atoms with Crippen molar-refractivity contribution < 1.29 is 19.8 Å². The quantitative estimate of drug-likeness (QED) is 0.233. The number of nitrogens with one attached hydrogen (secondary N) is 1. The van der Waals surface area contributed by atoms with Gasteiger partial charge in [-0.15, -0.1) is 0 Å². The molecule has 28 heavy (non-hydrogen) atoms. The molecule has 0 aromatic carbocycles. The monoisotopic (exact) mass is 399 g/mol. The van der Waals surface area contributed by atoms with E-state index in [-0.39, 0.29) is 5.91 Å². The Hall–Kier alpha value is -1.10. The summed E-state index contributed by atoms with van der Waals surface area (Å²) in [6.45, 7) is 3.63. The lowest BCUT2D eigenvalue weighted by Crippen LogP contribution is -2.47. The number of carbonyl (C=O) groups is 2. The van der Waals surface area contributed by atoms with E-state index in [0.717, 1.165) is 19.3 Å². The van der Waals surface area contributed by atoms with E-state index in [1.54, 1.807) is 0 Å². The van der Waals surface area contributed by atoms with E-state index in [0.29, 0.717) is 6.42 Å². The normalized spacial score (nSPS) is 13.2. The van der Waals surface area contributed by atoms with Crippen molar-refractivity contribution in [3.05, 3.63) is 0 Å². The van der Waals surface area contributed by atoms with Crippen LogP contribution in [0.3, 0.4) is 0 Å². The molecule has 0 aromatic heterocycles. The summed E-state index contributed by atoms with van der Waals surface area (Å²) >= 11 is 0. The third-order valence-corrected chi connectivity index (χ3v) is 5.32. The zero-order valence-electron chi connectivity index (χ0n) is 18.4. The fourth-order valence-corrected chi connectivity index (χ4v) is 3.47. The number of carbonyl (C=O) groups excluding carboxylic acids is 1. The van der Waals surface area contributed by atoms with Crippen LogP contribution in [0.2, 0.25) is 0 Å². The van der Waals surface area contributed by atoms with Crippen molar-refractivity contribution in [1.29, 1.82) is 0 Å². The topological polar surface area (TPSA) is 86.6 Å². The Bertz CT molecular complexity index is 385. The highest BCUT2D eigenvalue weighted by Crippen LogP contribution is 2.14. The van der Waals surface area contributed by atoms with Crippen molar-refractivity contribution in [2.24, 2.45) is 0 Å². The van der Waals surface area contributed by atoms with E-state index >= 15 is 0 Å². The van der Waals surface area contributed by atoms with E-state index in [2.05, 4.69) is 12.2 Å². The average molecular weight is 400 g/mol. The molecule has 0 spiro atoms. The first-order chi connectivity index (χ1) is 13.5. The lowest BCUT2D eigenvalue weighted by atomic mass is 10.0. The highest BCUT2D eigenvalue weighted by molar-refractivity contribution is 5.83. The number of amides is 1. The van der Waals surface area contributed by atoms with Gasteiger partial charge in [-0.2, -0.15) is 0 Å². The summed E-state index contributed by atoms with van der Waals surface area (Å²) in [6, 6.07) is -1.21. The van der Waals surface area contributed by atoms with Gasteiger partial charge in [0.25, 0.3) is 0 Å². The predicted octanol–water partition coefficient (Wildman–Crippen LogP) is 5.59. The highest BCUT2D eigenvalue weighted by Gasteiger charge is 2.24. The molecular formula is C23H45NO4. The Kier molecular flexibility index (Phi) is 18.5. The highest BCUT2D eigenvalue weighted by atomic mass is 16.4. The fraction of sp³-hybridized carbons (Fsp3) is 0.913. The molecular weight excluding hydrogens is 354 g/mol. The van der Waals surface area contributed by atoms with Gasteiger partial charge in [-0.25, -0.2) is 4.79 Å². The third kappa shape index (κ3) is 17.0. The van der Waals surface area contributed by atoms with Crippen LogP contribution in [0.25, 0.3) is 0 Å². The van der Waals surface area contributed by atoms with E-state index in [4.69, 9.17) is 5.11 Å². The van der Waals surface area contributed by atoms with Crippen molar-refractivity contribution in [2.45, 2.75) is 135 Å². The van der Waals surface area contributed by atoms with Crippen molar-refractivity contribution >= 4 is 11.9 Å². The molecule has 1 amide bonds. The smallest absolute Gasteiger partial charge is 0.328 e. The molecule has 3 N–H and O–H groups in total. The second-order valence-corrected chi connectivity index (χ2v) is 8.18. The van der Waals surface area contributed by atoms with Gasteiger partial charge >= 0.3 is 5.97 Å². The summed E-state index contributed by atoms with van der Waals surface area (Å²) in [5.74, 6) is -1.49. The molecule has 0 aliphatic carbocycles. The van der Waals surface area contributed by atoms with Crippen LogP contribution < -0.4 is 5.32 Å². The van der Waals surface area contributed by atoms with Gasteiger partial charge in [0.15, 0.2) is 6.04 Å². The molecule has 2 atom stereocenters. The summed E-state index contributed by atoms with van der Waals surface area (Å²) < 4.78 is 0. The van der Waals surface area contributed by atoms with E-state index < -0.39 is 18.1 Å². The molecule has 166 valence electrons. The fourth-order valence-electron chi connectivity index (χ4n) is 3.47. The first-order valence-electron chi connectivity index (χ1n) is 11.7. The molecule has 5 nitrogen and oxygen atoms in total. The Balaban J connectivity index is 3.33. The summed E-state index contributed by atoms with van der Waals surface area (Å²) in [5, 5.41) is 20.7. The molecule has 0 aliphatic heterocycles. The SMILES string of the molecule is CCCCCCCCCCCCCCCCCCC(=O)N[C@H](C(=O)O)[C@@H](C)O. The zero-order chi connectivity index (χ0) is 21.0. The molecule has 0 unspecified atom stereocenters. The summed E-state index contributed by atoms with van der Waals surface area (Å²) in [4.78, 5) is 22.6. The molecule has 0 radical (unpaired) electrons. The van der Waals surface area contributed by atoms with Crippen LogP contribution in [-0.2, 0) is 9.59 Å². The van der Waals surface area contributed by atoms with Crippen molar-refractivity contribution in [1.82, 2.24) is 5.32 Å². The Labute approximate surface area is 172 Å². The Morgan fingerprint density at radius 3 is 1.39 bits per heavy atom. The molecule has 0 saturated carbocycles. The number of aliphatic hydroxyl groups excluding tert-OH is 1. The van der Waals surface area contributed by atoms with Crippen LogP contribution >= 0.6 is 0 Å². The van der Waals surface area contributed by atoms with E-state index in [1.807, 2.05) is 0 Å². The van der Waals surface area contributed by atoms with Crippen molar-refractivity contribution in [2.75, 3.05) is 0 Å². The first-order valence-corrected chi connectivity index (χ1v) is 11.7. The van der Waals surface area contributed by atoms with Crippen LogP contribution in [0.1, 0.15) is 123 Å². The number of aliphatic carboxylic acids is 1. The number of unbranched alkanes of at least 4 members (excludes halogenated alkanes) is 15. The molecule has 5 heteroatoms. The third-order valence-electron chi connectivity index (χ3n) is 5.32. The minimum absolute atomic E-state index is 0.293. The number of aliphatic hydroxyl groups is 1. The number of rotatable bonds is 20. The molecule has 0 bridgehead atoms. The van der Waals surface area contributed by atoms with Crippen molar-refractivity contribution in [3.63, 3.8) is 0 Å². The van der Waals surface area contributed by atoms with Gasteiger partial charge in [-0.05, 0) is 13.3 Å². The summed E-state index contributed by atoms with van der Waals surface area (Å²) in [6.07, 6.45) is 19.8. The molecule has 0 saturated heterocycles. The lowest BCUT2D eigenvalue weighted by Gasteiger charge is -2.16. The van der Waals surface area contributed by atoms with Gasteiger partial charge in [0.05, 0.1) is 6.10 Å². The zero-order valence-corrected chi connectivity index (χ0v) is 18.4. The van der Waals surface area contributed by atoms with Gasteiger partial charge in [-0.1, -0.05) is 103 Å². The molecule has 0 aliphatic rings. The second-order valence-electron chi connectivity index (χ2n) is 8.18. The van der Waals surface area contributed by atoms with Gasteiger partial charge in [0, 0.05) is 6.42 Å². The van der Waals surface area contributed by atoms with Crippen LogP contribution in [0.5, 0.6) is 0 Å². The first kappa shape index (κ1) is 26.9. The standard InChI is InChI=1S/C23H45NO4/c1-3-4-5-6-7-8-9-10-11-12-13-14-15-16-17-18-19-21(26)24-22(20(2)25)23(27)28/h20,22,25H,3-19H2,1-2H3,(H,24,26)(H,27,28)/t20-,22+/m1/s1. The number of carboxylic acid groups (broad SMARTS) is 1. The van der Waals surface area contributed by atoms with Gasteiger partial charge in [0.2, 0.25) is 5.91 Å². The average Bonchev–Trinajstić information content (AvgIpc) is 2.65.